The van der Waals surface area contributed by atoms with Crippen LogP contribution in [0.3, 0.4) is 0 Å². The number of carbonyl (C=O) groups excluding carboxylic acids is 1. The largest absolute Gasteiger partial charge is 0.508 e. The van der Waals surface area contributed by atoms with Crippen molar-refractivity contribution in [1.29, 1.82) is 0 Å². The van der Waals surface area contributed by atoms with Crippen molar-refractivity contribution >= 4 is 5.91 Å². The second-order valence-electron chi connectivity index (χ2n) is 8.32. The minimum atomic E-state index is -0.754. The lowest BCUT2D eigenvalue weighted by Crippen LogP contribution is -2.42. The summed E-state index contributed by atoms with van der Waals surface area (Å²) < 4.78 is 11.2. The molecule has 2 N–H and O–H groups in total. The van der Waals surface area contributed by atoms with Crippen molar-refractivity contribution in [3.8, 4) is 5.75 Å². The quantitative estimate of drug-likeness (QED) is 0.860. The SMILES string of the molecule is Cc1ccc([C@@H]2CN(C(=O)[C@H]3COC(C)(C)O3)C[C@@]2(C)[C@@H](C)O)cc1O. The number of aryl methyl sites for hydroxylation is 1. The molecule has 26 heavy (non-hydrogen) atoms. The van der Waals surface area contributed by atoms with Gasteiger partial charge in [0.2, 0.25) is 0 Å². The first-order valence-corrected chi connectivity index (χ1v) is 9.11. The molecule has 0 aromatic heterocycles. The molecule has 0 radical (unpaired) electrons. The summed E-state index contributed by atoms with van der Waals surface area (Å²) in [7, 11) is 0. The summed E-state index contributed by atoms with van der Waals surface area (Å²) >= 11 is 0. The molecule has 0 saturated carbocycles. The van der Waals surface area contributed by atoms with E-state index in [1.807, 2.05) is 26.0 Å². The number of benzene rings is 1. The predicted molar refractivity (Wildman–Crippen MR) is 96.9 cm³/mol. The fourth-order valence-electron chi connectivity index (χ4n) is 3.95. The highest BCUT2D eigenvalue weighted by molar-refractivity contribution is 5.82. The zero-order chi connectivity index (χ0) is 19.3. The lowest BCUT2D eigenvalue weighted by atomic mass is 9.72. The molecule has 144 valence electrons. The van der Waals surface area contributed by atoms with Crippen LogP contribution in [0.15, 0.2) is 18.2 Å². The molecule has 1 amide bonds. The zero-order valence-corrected chi connectivity index (χ0v) is 16.2. The van der Waals surface area contributed by atoms with Crippen molar-refractivity contribution in [2.75, 3.05) is 19.7 Å². The third-order valence-corrected chi connectivity index (χ3v) is 5.92. The number of hydrogen-bond acceptors (Lipinski definition) is 5. The summed E-state index contributed by atoms with van der Waals surface area (Å²) in [5, 5.41) is 20.6. The standard InChI is InChI=1S/C20H29NO5/c1-12-6-7-14(8-16(12)23)15-9-21(11-20(15,5)13(2)22)18(24)17-10-25-19(3,4)26-17/h6-8,13,15,17,22-23H,9-11H2,1-5H3/t13-,15+,17-,20+/m1/s1. The first kappa shape index (κ1) is 19.1. The lowest BCUT2D eigenvalue weighted by molar-refractivity contribution is -0.159. The molecule has 0 unspecified atom stereocenters. The van der Waals surface area contributed by atoms with Gasteiger partial charge in [0.1, 0.15) is 5.75 Å². The third kappa shape index (κ3) is 3.33. The van der Waals surface area contributed by atoms with Crippen molar-refractivity contribution in [3.63, 3.8) is 0 Å². The Labute approximate surface area is 154 Å². The van der Waals surface area contributed by atoms with Gasteiger partial charge < -0.3 is 24.6 Å². The number of hydrogen-bond donors (Lipinski definition) is 2. The minimum absolute atomic E-state index is 0.0757. The van der Waals surface area contributed by atoms with E-state index >= 15 is 0 Å². The first-order chi connectivity index (χ1) is 12.0. The van der Waals surface area contributed by atoms with Gasteiger partial charge in [-0.2, -0.15) is 0 Å². The number of nitrogens with zero attached hydrogens (tertiary/aromatic N) is 1. The van der Waals surface area contributed by atoms with Crippen LogP contribution in [-0.2, 0) is 14.3 Å². The zero-order valence-electron chi connectivity index (χ0n) is 16.2. The Hall–Kier alpha value is -1.63. The normalized spacial score (nSPS) is 32.0. The summed E-state index contributed by atoms with van der Waals surface area (Å²) in [6.45, 7) is 10.3. The third-order valence-electron chi connectivity index (χ3n) is 5.92. The summed E-state index contributed by atoms with van der Waals surface area (Å²) in [4.78, 5) is 14.7. The van der Waals surface area contributed by atoms with Crippen molar-refractivity contribution in [1.82, 2.24) is 4.90 Å². The van der Waals surface area contributed by atoms with Crippen LogP contribution in [0.25, 0.3) is 0 Å². The van der Waals surface area contributed by atoms with Gasteiger partial charge in [-0.05, 0) is 44.9 Å². The molecule has 2 aliphatic heterocycles. The Morgan fingerprint density at radius 1 is 1.35 bits per heavy atom. The van der Waals surface area contributed by atoms with E-state index in [1.54, 1.807) is 31.7 Å². The fraction of sp³-hybridized carbons (Fsp3) is 0.650. The molecule has 4 atom stereocenters. The molecule has 2 aliphatic rings. The van der Waals surface area contributed by atoms with Crippen LogP contribution in [0.1, 0.15) is 44.7 Å². The van der Waals surface area contributed by atoms with Crippen molar-refractivity contribution < 1.29 is 24.5 Å². The molecular weight excluding hydrogens is 334 g/mol. The summed E-state index contributed by atoms with van der Waals surface area (Å²) in [5.74, 6) is -0.709. The highest BCUT2D eigenvalue weighted by Crippen LogP contribution is 2.46. The highest BCUT2D eigenvalue weighted by Gasteiger charge is 2.50. The van der Waals surface area contributed by atoms with Crippen LogP contribution in [0.4, 0.5) is 0 Å². The van der Waals surface area contributed by atoms with E-state index in [2.05, 4.69) is 0 Å². The maximum Gasteiger partial charge on any atom is 0.254 e. The van der Waals surface area contributed by atoms with E-state index in [0.29, 0.717) is 13.1 Å². The van der Waals surface area contributed by atoms with Crippen molar-refractivity contribution in [2.24, 2.45) is 5.41 Å². The van der Waals surface area contributed by atoms with Crippen LogP contribution in [0, 0.1) is 12.3 Å². The van der Waals surface area contributed by atoms with Crippen molar-refractivity contribution in [2.45, 2.75) is 58.5 Å². The number of amides is 1. The second kappa shape index (κ2) is 6.51. The van der Waals surface area contributed by atoms with Crippen LogP contribution >= 0.6 is 0 Å². The number of rotatable bonds is 3. The number of carbonyl (C=O) groups is 1. The topological polar surface area (TPSA) is 79.2 Å². The predicted octanol–water partition coefficient (Wildman–Crippen LogP) is 2.17. The maximum absolute atomic E-state index is 12.9. The van der Waals surface area contributed by atoms with E-state index in [-0.39, 0.29) is 24.2 Å². The van der Waals surface area contributed by atoms with Gasteiger partial charge in [0, 0.05) is 24.4 Å². The molecule has 0 spiro atoms. The van der Waals surface area contributed by atoms with Gasteiger partial charge in [0.15, 0.2) is 11.9 Å². The Morgan fingerprint density at radius 3 is 2.58 bits per heavy atom. The van der Waals surface area contributed by atoms with Crippen molar-refractivity contribution in [3.05, 3.63) is 29.3 Å². The van der Waals surface area contributed by atoms with Gasteiger partial charge >= 0.3 is 0 Å². The fourth-order valence-corrected chi connectivity index (χ4v) is 3.95. The number of aliphatic hydroxyl groups excluding tert-OH is 1. The van der Waals surface area contributed by atoms with Gasteiger partial charge in [0.05, 0.1) is 12.7 Å². The van der Waals surface area contributed by atoms with E-state index < -0.39 is 23.4 Å². The molecule has 2 fully saturated rings. The number of phenols is 1. The number of phenolic OH excluding ortho intramolecular Hbond substituents is 1. The van der Waals surface area contributed by atoms with E-state index in [9.17, 15) is 15.0 Å². The van der Waals surface area contributed by atoms with E-state index in [0.717, 1.165) is 11.1 Å². The maximum atomic E-state index is 12.9. The molecular formula is C20H29NO5. The number of ether oxygens (including phenoxy) is 2. The molecule has 1 aromatic carbocycles. The van der Waals surface area contributed by atoms with Crippen LogP contribution in [-0.4, -0.2) is 58.7 Å². The molecule has 6 heteroatoms. The van der Waals surface area contributed by atoms with Gasteiger partial charge in [-0.3, -0.25) is 4.79 Å². The lowest BCUT2D eigenvalue weighted by Gasteiger charge is -2.33. The van der Waals surface area contributed by atoms with Gasteiger partial charge in [-0.15, -0.1) is 0 Å². The van der Waals surface area contributed by atoms with Crippen LogP contribution < -0.4 is 0 Å². The van der Waals surface area contributed by atoms with Gasteiger partial charge in [0.25, 0.3) is 5.91 Å². The summed E-state index contributed by atoms with van der Waals surface area (Å²) in [5.41, 5.74) is 1.22. The molecule has 1 aromatic rings. The van der Waals surface area contributed by atoms with Gasteiger partial charge in [-0.25, -0.2) is 0 Å². The first-order valence-electron chi connectivity index (χ1n) is 9.11. The summed E-state index contributed by atoms with van der Waals surface area (Å²) in [6.07, 6.45) is -1.22. The monoisotopic (exact) mass is 363 g/mol. The summed E-state index contributed by atoms with van der Waals surface area (Å²) in [6, 6.07) is 5.58. The second-order valence-corrected chi connectivity index (χ2v) is 8.32. The molecule has 2 heterocycles. The Morgan fingerprint density at radius 2 is 2.04 bits per heavy atom. The average molecular weight is 363 g/mol. The number of aliphatic hydroxyl groups is 1. The highest BCUT2D eigenvalue weighted by atomic mass is 16.7. The molecule has 0 aliphatic carbocycles. The molecule has 0 bridgehead atoms. The molecule has 3 rings (SSSR count). The average Bonchev–Trinajstić information content (AvgIpc) is 3.10. The number of likely N-dealkylation sites (tertiary alicyclic amines) is 1. The van der Waals surface area contributed by atoms with E-state index in [4.69, 9.17) is 9.47 Å². The molecule has 6 nitrogen and oxygen atoms in total. The van der Waals surface area contributed by atoms with Crippen LogP contribution in [0.5, 0.6) is 5.75 Å². The number of aromatic hydroxyl groups is 1. The van der Waals surface area contributed by atoms with Crippen LogP contribution in [0.2, 0.25) is 0 Å². The minimum Gasteiger partial charge on any atom is -0.508 e. The van der Waals surface area contributed by atoms with Gasteiger partial charge in [-0.1, -0.05) is 19.1 Å². The Balaban J connectivity index is 1.85. The van der Waals surface area contributed by atoms with E-state index in [1.165, 1.54) is 0 Å². The smallest absolute Gasteiger partial charge is 0.254 e. The molecule has 2 saturated heterocycles. The Kier molecular flexibility index (Phi) is 4.80. The Bertz CT molecular complexity index is 701.